The van der Waals surface area contributed by atoms with Crippen molar-refractivity contribution in [2.75, 3.05) is 6.61 Å². The van der Waals surface area contributed by atoms with Gasteiger partial charge < -0.3 is 4.74 Å². The molecule has 0 aliphatic rings. The Balaban J connectivity index is 2.51. The molecule has 0 aliphatic carbocycles. The Hall–Kier alpha value is -1.22. The lowest BCUT2D eigenvalue weighted by molar-refractivity contribution is -0.137. The van der Waals surface area contributed by atoms with Gasteiger partial charge in [0.2, 0.25) is 0 Å². The molecule has 0 bridgehead atoms. The molecule has 0 fully saturated rings. The Morgan fingerprint density at radius 1 is 1.14 bits per heavy atom. The molecule has 0 aliphatic heterocycles. The molecular weight excluding hydrogens is 280 g/mol. The van der Waals surface area contributed by atoms with Crippen molar-refractivity contribution in [3.05, 3.63) is 46.9 Å². The zero-order valence-corrected chi connectivity index (χ0v) is 14.0. The van der Waals surface area contributed by atoms with Crippen molar-refractivity contribution in [3.63, 3.8) is 0 Å². The second-order valence-corrected chi connectivity index (χ2v) is 5.93. The molecule has 0 heterocycles. The van der Waals surface area contributed by atoms with Gasteiger partial charge in [0.1, 0.15) is 0 Å². The summed E-state index contributed by atoms with van der Waals surface area (Å²) in [7, 11) is 0. The number of carbonyl (C=O) groups excluding carboxylic acids is 1. The maximum atomic E-state index is 12.0. The molecule has 0 aromatic heterocycles. The predicted molar refractivity (Wildman–Crippen MR) is 91.2 cm³/mol. The molecule has 0 unspecified atom stereocenters. The number of hydrogen-bond acceptors (Lipinski definition) is 3. The zero-order valence-electron chi connectivity index (χ0n) is 13.1. The summed E-state index contributed by atoms with van der Waals surface area (Å²) in [4.78, 5) is 12.7. The van der Waals surface area contributed by atoms with Gasteiger partial charge in [0.15, 0.2) is 0 Å². The van der Waals surface area contributed by atoms with Gasteiger partial charge in [-0.2, -0.15) is 0 Å². The number of unbranched alkanes of at least 4 members (excludes halogenated alkanes) is 4. The largest absolute Gasteiger partial charge is 0.462 e. The number of rotatable bonds is 10. The zero-order chi connectivity index (χ0) is 15.3. The van der Waals surface area contributed by atoms with Gasteiger partial charge in [-0.25, -0.2) is 4.79 Å². The van der Waals surface area contributed by atoms with Crippen molar-refractivity contribution in [1.82, 2.24) is 0 Å². The van der Waals surface area contributed by atoms with Gasteiger partial charge in [0.05, 0.1) is 11.5 Å². The van der Waals surface area contributed by atoms with Crippen LogP contribution in [0.15, 0.2) is 41.3 Å². The molecule has 116 valence electrons. The Labute approximate surface area is 133 Å². The minimum Gasteiger partial charge on any atom is -0.462 e. The molecule has 1 aromatic rings. The minimum absolute atomic E-state index is 0.186. The number of hydrogen-bond donors (Lipinski definition) is 0. The van der Waals surface area contributed by atoms with Gasteiger partial charge in [-0.15, -0.1) is 11.8 Å². The first-order valence-electron chi connectivity index (χ1n) is 7.82. The lowest BCUT2D eigenvalue weighted by Gasteiger charge is -2.07. The first-order chi connectivity index (χ1) is 10.3. The SMILES string of the molecule is CCCCCC/C=C(/SCc1ccccc1)C(=O)OCC. The van der Waals surface area contributed by atoms with E-state index >= 15 is 0 Å². The first-order valence-corrected chi connectivity index (χ1v) is 8.80. The number of carbonyl (C=O) groups is 1. The molecule has 0 amide bonds. The van der Waals surface area contributed by atoms with Gasteiger partial charge in [0, 0.05) is 5.75 Å². The molecule has 0 atom stereocenters. The summed E-state index contributed by atoms with van der Waals surface area (Å²) in [6.45, 7) is 4.48. The van der Waals surface area contributed by atoms with Gasteiger partial charge in [0.25, 0.3) is 0 Å². The maximum absolute atomic E-state index is 12.0. The van der Waals surface area contributed by atoms with E-state index in [4.69, 9.17) is 4.74 Å². The molecule has 0 saturated heterocycles. The number of thioether (sulfide) groups is 1. The van der Waals surface area contributed by atoms with E-state index in [9.17, 15) is 4.79 Å². The lowest BCUT2D eigenvalue weighted by Crippen LogP contribution is -2.05. The lowest BCUT2D eigenvalue weighted by atomic mass is 10.1. The molecule has 0 radical (unpaired) electrons. The third-order valence-electron chi connectivity index (χ3n) is 3.10. The normalized spacial score (nSPS) is 11.4. The van der Waals surface area contributed by atoms with Crippen LogP contribution in [0.4, 0.5) is 0 Å². The monoisotopic (exact) mass is 306 g/mol. The summed E-state index contributed by atoms with van der Waals surface area (Å²) >= 11 is 1.57. The Bertz CT molecular complexity index is 426. The second kappa shape index (κ2) is 11.4. The summed E-state index contributed by atoms with van der Waals surface area (Å²) in [6, 6.07) is 10.2. The highest BCUT2D eigenvalue weighted by molar-refractivity contribution is 8.03. The van der Waals surface area contributed by atoms with E-state index in [2.05, 4.69) is 19.1 Å². The number of ether oxygens (including phenoxy) is 1. The van der Waals surface area contributed by atoms with E-state index in [0.717, 1.165) is 23.5 Å². The third kappa shape index (κ3) is 7.96. The predicted octanol–water partition coefficient (Wildman–Crippen LogP) is 5.34. The third-order valence-corrected chi connectivity index (χ3v) is 4.22. The van der Waals surface area contributed by atoms with Crippen molar-refractivity contribution in [3.8, 4) is 0 Å². The topological polar surface area (TPSA) is 26.3 Å². The number of esters is 1. The van der Waals surface area contributed by atoms with Crippen LogP contribution >= 0.6 is 11.8 Å². The minimum atomic E-state index is -0.186. The molecule has 3 heteroatoms. The van der Waals surface area contributed by atoms with Crippen LogP contribution in [-0.2, 0) is 15.3 Å². The van der Waals surface area contributed by atoms with Gasteiger partial charge in [-0.1, -0.05) is 62.6 Å². The smallest absolute Gasteiger partial charge is 0.344 e. The van der Waals surface area contributed by atoms with Crippen LogP contribution in [0, 0.1) is 0 Å². The fourth-order valence-corrected chi connectivity index (χ4v) is 2.87. The van der Waals surface area contributed by atoms with Gasteiger partial charge in [-0.05, 0) is 25.3 Å². The van der Waals surface area contributed by atoms with Crippen LogP contribution in [0.5, 0.6) is 0 Å². The van der Waals surface area contributed by atoms with E-state index in [1.54, 1.807) is 11.8 Å². The summed E-state index contributed by atoms with van der Waals surface area (Å²) in [5.74, 6) is 0.620. The van der Waals surface area contributed by atoms with Gasteiger partial charge >= 0.3 is 5.97 Å². The molecular formula is C18H26O2S. The Morgan fingerprint density at radius 3 is 2.57 bits per heavy atom. The average molecular weight is 306 g/mol. The van der Waals surface area contributed by atoms with Crippen molar-refractivity contribution in [1.29, 1.82) is 0 Å². The van der Waals surface area contributed by atoms with E-state index in [1.165, 1.54) is 24.8 Å². The van der Waals surface area contributed by atoms with Crippen molar-refractivity contribution < 1.29 is 9.53 Å². The molecule has 0 N–H and O–H groups in total. The fourth-order valence-electron chi connectivity index (χ4n) is 1.94. The van der Waals surface area contributed by atoms with Crippen molar-refractivity contribution in [2.45, 2.75) is 51.7 Å². The average Bonchev–Trinajstić information content (AvgIpc) is 2.51. The first kappa shape index (κ1) is 17.8. The highest BCUT2D eigenvalue weighted by Crippen LogP contribution is 2.23. The van der Waals surface area contributed by atoms with Crippen LogP contribution in [0.25, 0.3) is 0 Å². The quantitative estimate of drug-likeness (QED) is 0.332. The molecule has 1 rings (SSSR count). The fraction of sp³-hybridized carbons (Fsp3) is 0.500. The van der Waals surface area contributed by atoms with E-state index < -0.39 is 0 Å². The summed E-state index contributed by atoms with van der Waals surface area (Å²) < 4.78 is 5.14. The van der Waals surface area contributed by atoms with Gasteiger partial charge in [-0.3, -0.25) is 0 Å². The summed E-state index contributed by atoms with van der Waals surface area (Å²) in [6.07, 6.45) is 7.86. The van der Waals surface area contributed by atoms with E-state index in [-0.39, 0.29) is 5.97 Å². The number of benzene rings is 1. The van der Waals surface area contributed by atoms with Crippen LogP contribution < -0.4 is 0 Å². The Kier molecular flexibility index (Phi) is 9.71. The van der Waals surface area contributed by atoms with Crippen molar-refractivity contribution in [2.24, 2.45) is 0 Å². The van der Waals surface area contributed by atoms with Crippen LogP contribution in [0.2, 0.25) is 0 Å². The highest BCUT2D eigenvalue weighted by Gasteiger charge is 2.11. The van der Waals surface area contributed by atoms with Crippen LogP contribution in [0.3, 0.4) is 0 Å². The van der Waals surface area contributed by atoms with Crippen LogP contribution in [-0.4, -0.2) is 12.6 Å². The van der Waals surface area contributed by atoms with E-state index in [1.807, 2.05) is 31.2 Å². The Morgan fingerprint density at radius 2 is 1.90 bits per heavy atom. The summed E-state index contributed by atoms with van der Waals surface area (Å²) in [5, 5.41) is 0. The molecule has 1 aromatic carbocycles. The molecule has 21 heavy (non-hydrogen) atoms. The van der Waals surface area contributed by atoms with Crippen molar-refractivity contribution >= 4 is 17.7 Å². The number of allylic oxidation sites excluding steroid dienone is 1. The summed E-state index contributed by atoms with van der Waals surface area (Å²) in [5.41, 5.74) is 1.23. The standard InChI is InChI=1S/C18H26O2S/c1-3-5-6-7-11-14-17(18(19)20-4-2)21-15-16-12-9-8-10-13-16/h8-10,12-14H,3-7,11,15H2,1-2H3/b17-14+. The highest BCUT2D eigenvalue weighted by atomic mass is 32.2. The maximum Gasteiger partial charge on any atom is 0.344 e. The van der Waals surface area contributed by atoms with E-state index in [0.29, 0.717) is 6.61 Å². The molecule has 2 nitrogen and oxygen atoms in total. The molecule has 0 saturated carbocycles. The molecule has 0 spiro atoms. The van der Waals surface area contributed by atoms with Crippen LogP contribution in [0.1, 0.15) is 51.5 Å². The second-order valence-electron chi connectivity index (χ2n) is 4.91.